The molecule has 0 spiro atoms. The molecule has 0 radical (unpaired) electrons. The fraction of sp³-hybridized carbons (Fsp3) is 0.600. The molecule has 0 bridgehead atoms. The first-order chi connectivity index (χ1) is 5.66. The summed E-state index contributed by atoms with van der Waals surface area (Å²) in [7, 11) is 0. The van der Waals surface area contributed by atoms with E-state index >= 15 is 0 Å². The lowest BCUT2D eigenvalue weighted by Gasteiger charge is -2.04. The van der Waals surface area contributed by atoms with Crippen molar-refractivity contribution in [2.45, 2.75) is 0 Å². The molecule has 0 aliphatic rings. The Morgan fingerprint density at radius 2 is 2.17 bits per heavy atom. The average Bonchev–Trinajstić information content (AvgIpc) is 2.00. The molecule has 0 saturated carbocycles. The van der Waals surface area contributed by atoms with Crippen LogP contribution in [0.2, 0.25) is 0 Å². The standard InChI is InChI=1S/C5H11N3O4/c6-1-2-7-5(11)8-12-3-4(9)10/h1-3,6H2,(H,9,10)(H2,7,8,11). The van der Waals surface area contributed by atoms with Crippen LogP contribution in [0.4, 0.5) is 4.79 Å². The van der Waals surface area contributed by atoms with Crippen molar-refractivity contribution in [2.75, 3.05) is 19.7 Å². The van der Waals surface area contributed by atoms with E-state index in [0.29, 0.717) is 13.1 Å². The van der Waals surface area contributed by atoms with Gasteiger partial charge >= 0.3 is 12.0 Å². The molecule has 0 aliphatic heterocycles. The van der Waals surface area contributed by atoms with Crippen LogP contribution in [0.3, 0.4) is 0 Å². The van der Waals surface area contributed by atoms with Gasteiger partial charge in [-0.2, -0.15) is 0 Å². The molecule has 0 aromatic carbocycles. The molecule has 0 atom stereocenters. The van der Waals surface area contributed by atoms with Gasteiger partial charge in [0.05, 0.1) is 0 Å². The van der Waals surface area contributed by atoms with E-state index in [2.05, 4.69) is 10.2 Å². The second kappa shape index (κ2) is 6.38. The second-order valence-electron chi connectivity index (χ2n) is 1.83. The summed E-state index contributed by atoms with van der Waals surface area (Å²) < 4.78 is 0. The molecule has 7 nitrogen and oxygen atoms in total. The Balaban J connectivity index is 3.25. The van der Waals surface area contributed by atoms with Crippen molar-refractivity contribution < 1.29 is 19.5 Å². The number of amides is 2. The number of carboxylic acid groups (broad SMARTS) is 1. The summed E-state index contributed by atoms with van der Waals surface area (Å²) >= 11 is 0. The number of hydrogen-bond acceptors (Lipinski definition) is 4. The molecule has 7 heteroatoms. The van der Waals surface area contributed by atoms with Crippen molar-refractivity contribution in [1.82, 2.24) is 10.8 Å². The Bertz CT molecular complexity index is 161. The van der Waals surface area contributed by atoms with E-state index in [1.807, 2.05) is 5.48 Å². The van der Waals surface area contributed by atoms with Crippen LogP contribution in [0.1, 0.15) is 0 Å². The second-order valence-corrected chi connectivity index (χ2v) is 1.83. The lowest BCUT2D eigenvalue weighted by molar-refractivity contribution is -0.144. The van der Waals surface area contributed by atoms with Crippen molar-refractivity contribution in [3.8, 4) is 0 Å². The first-order valence-electron chi connectivity index (χ1n) is 3.24. The highest BCUT2D eigenvalue weighted by Crippen LogP contribution is 1.69. The predicted octanol–water partition coefficient (Wildman–Crippen LogP) is -1.74. The zero-order valence-electron chi connectivity index (χ0n) is 6.37. The molecule has 0 aromatic rings. The molecule has 70 valence electrons. The van der Waals surface area contributed by atoms with Gasteiger partial charge in [-0.1, -0.05) is 0 Å². The highest BCUT2D eigenvalue weighted by Gasteiger charge is 2.00. The molecule has 0 fully saturated rings. The van der Waals surface area contributed by atoms with Crippen molar-refractivity contribution in [3.05, 3.63) is 0 Å². The van der Waals surface area contributed by atoms with Gasteiger partial charge in [0, 0.05) is 13.1 Å². The number of nitrogens with two attached hydrogens (primary N) is 1. The highest BCUT2D eigenvalue weighted by atomic mass is 16.7. The first-order valence-corrected chi connectivity index (χ1v) is 3.24. The maximum Gasteiger partial charge on any atom is 0.338 e. The number of carboxylic acids is 1. The van der Waals surface area contributed by atoms with Crippen LogP contribution in [-0.2, 0) is 9.63 Å². The molecule has 0 aliphatic carbocycles. The van der Waals surface area contributed by atoms with Crippen LogP contribution in [0.25, 0.3) is 0 Å². The van der Waals surface area contributed by atoms with Gasteiger partial charge in [-0.3, -0.25) is 4.84 Å². The summed E-state index contributed by atoms with van der Waals surface area (Å²) in [4.78, 5) is 24.7. The minimum absolute atomic E-state index is 0.308. The SMILES string of the molecule is NCCNC(=O)NOCC(=O)O. The van der Waals surface area contributed by atoms with Crippen LogP contribution in [0.15, 0.2) is 0 Å². The van der Waals surface area contributed by atoms with Crippen LogP contribution >= 0.6 is 0 Å². The molecule has 0 aromatic heterocycles. The van der Waals surface area contributed by atoms with Gasteiger partial charge in [0.25, 0.3) is 0 Å². The van der Waals surface area contributed by atoms with E-state index in [1.165, 1.54) is 0 Å². The van der Waals surface area contributed by atoms with Crippen molar-refractivity contribution in [1.29, 1.82) is 0 Å². The van der Waals surface area contributed by atoms with Gasteiger partial charge in [0.2, 0.25) is 0 Å². The fourth-order valence-electron chi connectivity index (χ4n) is 0.385. The summed E-state index contributed by atoms with van der Waals surface area (Å²) in [6.07, 6.45) is 0. The Hall–Kier alpha value is -1.34. The molecule has 12 heavy (non-hydrogen) atoms. The molecule has 0 heterocycles. The van der Waals surface area contributed by atoms with Gasteiger partial charge < -0.3 is 16.2 Å². The summed E-state index contributed by atoms with van der Waals surface area (Å²) in [5.41, 5.74) is 6.94. The third kappa shape index (κ3) is 6.78. The molecular formula is C5H11N3O4. The smallest absolute Gasteiger partial charge is 0.338 e. The Morgan fingerprint density at radius 1 is 1.50 bits per heavy atom. The maximum absolute atomic E-state index is 10.6. The van der Waals surface area contributed by atoms with Crippen LogP contribution in [0, 0.1) is 0 Å². The lowest BCUT2D eigenvalue weighted by Crippen LogP contribution is -2.38. The van der Waals surface area contributed by atoms with Gasteiger partial charge in [-0.15, -0.1) is 0 Å². The molecule has 0 rings (SSSR count). The lowest BCUT2D eigenvalue weighted by atomic mass is 10.6. The van der Waals surface area contributed by atoms with E-state index in [4.69, 9.17) is 10.8 Å². The number of nitrogens with one attached hydrogen (secondary N) is 2. The Kier molecular flexibility index (Phi) is 5.66. The normalized spacial score (nSPS) is 9.08. The summed E-state index contributed by atoms with van der Waals surface area (Å²) in [6, 6.07) is -0.610. The molecule has 0 saturated heterocycles. The molecule has 5 N–H and O–H groups in total. The summed E-state index contributed by atoms with van der Waals surface area (Å²) in [6.45, 7) is 0.0463. The van der Waals surface area contributed by atoms with E-state index in [9.17, 15) is 9.59 Å². The molecule has 0 unspecified atom stereocenters. The van der Waals surface area contributed by atoms with Crippen LogP contribution in [-0.4, -0.2) is 36.8 Å². The van der Waals surface area contributed by atoms with E-state index in [-0.39, 0.29) is 0 Å². The number of urea groups is 1. The third-order valence-electron chi connectivity index (χ3n) is 0.790. The van der Waals surface area contributed by atoms with Crippen LogP contribution < -0.4 is 16.5 Å². The largest absolute Gasteiger partial charge is 0.479 e. The van der Waals surface area contributed by atoms with Gasteiger partial charge in [0.15, 0.2) is 6.61 Å². The summed E-state index contributed by atoms with van der Waals surface area (Å²) in [5, 5.41) is 10.4. The van der Waals surface area contributed by atoms with Crippen molar-refractivity contribution >= 4 is 12.0 Å². The van der Waals surface area contributed by atoms with Gasteiger partial charge in [-0.05, 0) is 0 Å². The fourth-order valence-corrected chi connectivity index (χ4v) is 0.385. The number of carbonyl (C=O) groups excluding carboxylic acids is 1. The minimum Gasteiger partial charge on any atom is -0.479 e. The van der Waals surface area contributed by atoms with Crippen molar-refractivity contribution in [2.24, 2.45) is 5.73 Å². The first kappa shape index (κ1) is 10.7. The zero-order chi connectivity index (χ0) is 9.40. The van der Waals surface area contributed by atoms with Gasteiger partial charge in [0.1, 0.15) is 0 Å². The summed E-state index contributed by atoms with van der Waals surface area (Å²) in [5.74, 6) is -1.16. The monoisotopic (exact) mass is 177 g/mol. The maximum atomic E-state index is 10.6. The third-order valence-corrected chi connectivity index (χ3v) is 0.790. The van der Waals surface area contributed by atoms with E-state index < -0.39 is 18.6 Å². The quantitative estimate of drug-likeness (QED) is 0.372. The van der Waals surface area contributed by atoms with Gasteiger partial charge in [-0.25, -0.2) is 15.1 Å². The number of hydroxylamine groups is 1. The highest BCUT2D eigenvalue weighted by molar-refractivity contribution is 5.73. The number of aliphatic carboxylic acids is 1. The minimum atomic E-state index is -1.16. The Morgan fingerprint density at radius 3 is 2.67 bits per heavy atom. The number of carbonyl (C=O) groups is 2. The Labute approximate surface area is 68.8 Å². The topological polar surface area (TPSA) is 114 Å². The number of rotatable bonds is 5. The molecule has 2 amide bonds. The molecular weight excluding hydrogens is 166 g/mol. The van der Waals surface area contributed by atoms with E-state index in [1.54, 1.807) is 0 Å². The average molecular weight is 177 g/mol. The van der Waals surface area contributed by atoms with Crippen molar-refractivity contribution in [3.63, 3.8) is 0 Å². The van der Waals surface area contributed by atoms with Crippen LogP contribution in [0.5, 0.6) is 0 Å². The zero-order valence-corrected chi connectivity index (χ0v) is 6.37. The predicted molar refractivity (Wildman–Crippen MR) is 39.2 cm³/mol. The number of hydrogen-bond donors (Lipinski definition) is 4. The van der Waals surface area contributed by atoms with E-state index in [0.717, 1.165) is 0 Å².